The van der Waals surface area contributed by atoms with Crippen molar-refractivity contribution >= 4 is 0 Å². The molecular formula is C14H20FN. The third kappa shape index (κ3) is 2.43. The van der Waals surface area contributed by atoms with Gasteiger partial charge in [0.05, 0.1) is 0 Å². The van der Waals surface area contributed by atoms with Gasteiger partial charge in [-0.15, -0.1) is 0 Å². The van der Waals surface area contributed by atoms with E-state index < -0.39 is 0 Å². The van der Waals surface area contributed by atoms with Gasteiger partial charge in [-0.25, -0.2) is 4.39 Å². The molecule has 2 rings (SSSR count). The van der Waals surface area contributed by atoms with Gasteiger partial charge in [-0.2, -0.15) is 0 Å². The van der Waals surface area contributed by atoms with Gasteiger partial charge in [0.1, 0.15) is 5.82 Å². The Morgan fingerprint density at radius 3 is 2.56 bits per heavy atom. The zero-order valence-corrected chi connectivity index (χ0v) is 9.88. The summed E-state index contributed by atoms with van der Waals surface area (Å²) in [6.45, 7) is 1.80. The molecule has 2 N–H and O–H groups in total. The van der Waals surface area contributed by atoms with Gasteiger partial charge >= 0.3 is 0 Å². The molecule has 1 saturated carbocycles. The average Bonchev–Trinajstić information content (AvgIpc) is 2.33. The van der Waals surface area contributed by atoms with Gasteiger partial charge in [0, 0.05) is 6.04 Å². The maximum Gasteiger partial charge on any atom is 0.126 e. The van der Waals surface area contributed by atoms with Crippen molar-refractivity contribution in [1.82, 2.24) is 0 Å². The fourth-order valence-electron chi connectivity index (χ4n) is 2.64. The molecule has 0 amide bonds. The van der Waals surface area contributed by atoms with Crippen molar-refractivity contribution in [2.24, 2.45) is 11.7 Å². The second-order valence-electron chi connectivity index (χ2n) is 4.93. The second-order valence-corrected chi connectivity index (χ2v) is 4.93. The van der Waals surface area contributed by atoms with E-state index in [-0.39, 0.29) is 11.9 Å². The summed E-state index contributed by atoms with van der Waals surface area (Å²) < 4.78 is 13.2. The van der Waals surface area contributed by atoms with E-state index >= 15 is 0 Å². The quantitative estimate of drug-likeness (QED) is 0.809. The van der Waals surface area contributed by atoms with Gasteiger partial charge < -0.3 is 5.73 Å². The van der Waals surface area contributed by atoms with Gasteiger partial charge in [0.2, 0.25) is 0 Å². The summed E-state index contributed by atoms with van der Waals surface area (Å²) in [5.74, 6) is 0.443. The standard InChI is InChI=1S/C14H20FN/c1-10-9-12(7-8-13(10)15)14(16)11-5-3-2-4-6-11/h7-9,11,14H,2-6,16H2,1H3/t14-/m0/s1. The van der Waals surface area contributed by atoms with Crippen molar-refractivity contribution in [3.8, 4) is 0 Å². The first-order chi connectivity index (χ1) is 7.68. The first-order valence-corrected chi connectivity index (χ1v) is 6.20. The van der Waals surface area contributed by atoms with Crippen LogP contribution in [0.4, 0.5) is 4.39 Å². The fraction of sp³-hybridized carbons (Fsp3) is 0.571. The number of benzene rings is 1. The predicted molar refractivity (Wildman–Crippen MR) is 64.6 cm³/mol. The van der Waals surface area contributed by atoms with Crippen LogP contribution >= 0.6 is 0 Å². The molecule has 1 nitrogen and oxygen atoms in total. The molecule has 0 radical (unpaired) electrons. The molecule has 1 fully saturated rings. The number of aryl methyl sites for hydroxylation is 1. The van der Waals surface area contributed by atoms with Crippen LogP contribution in [0.25, 0.3) is 0 Å². The molecule has 88 valence electrons. The van der Waals surface area contributed by atoms with E-state index in [1.165, 1.54) is 38.2 Å². The van der Waals surface area contributed by atoms with Crippen LogP contribution in [0.3, 0.4) is 0 Å². The Balaban J connectivity index is 2.12. The minimum Gasteiger partial charge on any atom is -0.324 e. The molecule has 0 saturated heterocycles. The van der Waals surface area contributed by atoms with Crippen LogP contribution in [0.1, 0.15) is 49.3 Å². The zero-order valence-electron chi connectivity index (χ0n) is 9.88. The molecule has 16 heavy (non-hydrogen) atoms. The highest BCUT2D eigenvalue weighted by Crippen LogP contribution is 2.33. The molecule has 1 atom stereocenters. The normalized spacial score (nSPS) is 19.7. The van der Waals surface area contributed by atoms with Crippen molar-refractivity contribution < 1.29 is 4.39 Å². The van der Waals surface area contributed by atoms with E-state index in [9.17, 15) is 4.39 Å². The Kier molecular flexibility index (Phi) is 3.59. The molecule has 1 aromatic carbocycles. The Bertz CT molecular complexity index is 356. The number of hydrogen-bond donors (Lipinski definition) is 1. The summed E-state index contributed by atoms with van der Waals surface area (Å²) in [5, 5.41) is 0. The number of halogens is 1. The highest BCUT2D eigenvalue weighted by atomic mass is 19.1. The SMILES string of the molecule is Cc1cc([C@@H](N)C2CCCCC2)ccc1F. The van der Waals surface area contributed by atoms with E-state index in [1.807, 2.05) is 12.1 Å². The largest absolute Gasteiger partial charge is 0.324 e. The third-order valence-electron chi connectivity index (χ3n) is 3.72. The molecule has 2 heteroatoms. The highest BCUT2D eigenvalue weighted by Gasteiger charge is 2.21. The lowest BCUT2D eigenvalue weighted by Gasteiger charge is -2.28. The molecule has 1 aliphatic carbocycles. The summed E-state index contributed by atoms with van der Waals surface area (Å²) in [5.41, 5.74) is 8.05. The highest BCUT2D eigenvalue weighted by molar-refractivity contribution is 5.26. The van der Waals surface area contributed by atoms with Crippen LogP contribution in [0.15, 0.2) is 18.2 Å². The van der Waals surface area contributed by atoms with E-state index in [0.717, 1.165) is 5.56 Å². The molecule has 0 unspecified atom stereocenters. The summed E-state index contributed by atoms with van der Waals surface area (Å²) >= 11 is 0. The Morgan fingerprint density at radius 1 is 1.25 bits per heavy atom. The number of nitrogens with two attached hydrogens (primary N) is 1. The van der Waals surface area contributed by atoms with Gasteiger partial charge in [-0.1, -0.05) is 31.4 Å². The summed E-state index contributed by atoms with van der Waals surface area (Å²) in [6, 6.07) is 5.35. The first kappa shape index (κ1) is 11.6. The lowest BCUT2D eigenvalue weighted by atomic mass is 9.81. The maximum atomic E-state index is 13.2. The van der Waals surface area contributed by atoms with Crippen molar-refractivity contribution in [2.75, 3.05) is 0 Å². The predicted octanol–water partition coefficient (Wildman–Crippen LogP) is 3.71. The molecule has 0 aromatic heterocycles. The smallest absolute Gasteiger partial charge is 0.126 e. The zero-order chi connectivity index (χ0) is 11.5. The topological polar surface area (TPSA) is 26.0 Å². The van der Waals surface area contributed by atoms with Crippen LogP contribution in [0, 0.1) is 18.7 Å². The Hall–Kier alpha value is -0.890. The first-order valence-electron chi connectivity index (χ1n) is 6.20. The lowest BCUT2D eigenvalue weighted by Crippen LogP contribution is -2.23. The third-order valence-corrected chi connectivity index (χ3v) is 3.72. The van der Waals surface area contributed by atoms with Gasteiger partial charge in [0.25, 0.3) is 0 Å². The van der Waals surface area contributed by atoms with Crippen molar-refractivity contribution in [3.05, 3.63) is 35.1 Å². The second kappa shape index (κ2) is 4.96. The molecule has 0 spiro atoms. The molecule has 0 aliphatic heterocycles. The molecule has 1 aliphatic rings. The fourth-order valence-corrected chi connectivity index (χ4v) is 2.64. The van der Waals surface area contributed by atoms with Crippen LogP contribution < -0.4 is 5.73 Å². The van der Waals surface area contributed by atoms with Gasteiger partial charge in [-0.3, -0.25) is 0 Å². The summed E-state index contributed by atoms with van der Waals surface area (Å²) in [6.07, 6.45) is 6.36. The lowest BCUT2D eigenvalue weighted by molar-refractivity contribution is 0.308. The van der Waals surface area contributed by atoms with Crippen molar-refractivity contribution in [3.63, 3.8) is 0 Å². The number of hydrogen-bond acceptors (Lipinski definition) is 1. The maximum absolute atomic E-state index is 13.2. The van der Waals surface area contributed by atoms with E-state index in [1.54, 1.807) is 6.92 Å². The van der Waals surface area contributed by atoms with Crippen molar-refractivity contribution in [2.45, 2.75) is 45.1 Å². The van der Waals surface area contributed by atoms with Crippen molar-refractivity contribution in [1.29, 1.82) is 0 Å². The minimum atomic E-state index is -0.139. The van der Waals surface area contributed by atoms with E-state index in [0.29, 0.717) is 11.5 Å². The Labute approximate surface area is 96.9 Å². The van der Waals surface area contributed by atoms with Gasteiger partial charge in [-0.05, 0) is 42.9 Å². The number of rotatable bonds is 2. The monoisotopic (exact) mass is 221 g/mol. The minimum absolute atomic E-state index is 0.0830. The van der Waals surface area contributed by atoms with E-state index in [2.05, 4.69) is 0 Å². The van der Waals surface area contributed by atoms with Gasteiger partial charge in [0.15, 0.2) is 0 Å². The summed E-state index contributed by atoms with van der Waals surface area (Å²) in [4.78, 5) is 0. The van der Waals surface area contributed by atoms with Crippen LogP contribution in [0.5, 0.6) is 0 Å². The van der Waals surface area contributed by atoms with Crippen LogP contribution in [0.2, 0.25) is 0 Å². The molecule has 0 heterocycles. The Morgan fingerprint density at radius 2 is 1.94 bits per heavy atom. The van der Waals surface area contributed by atoms with Crippen LogP contribution in [-0.2, 0) is 0 Å². The van der Waals surface area contributed by atoms with Crippen LogP contribution in [-0.4, -0.2) is 0 Å². The average molecular weight is 221 g/mol. The van der Waals surface area contributed by atoms with E-state index in [4.69, 9.17) is 5.73 Å². The molecule has 1 aromatic rings. The molecular weight excluding hydrogens is 201 g/mol. The molecule has 0 bridgehead atoms. The summed E-state index contributed by atoms with van der Waals surface area (Å²) in [7, 11) is 0.